The SMILES string of the molecule is CCNCC.ON=C[SiH3]. The van der Waals surface area contributed by atoms with E-state index in [-0.39, 0.29) is 0 Å². The second-order valence-electron chi connectivity index (χ2n) is 1.33. The van der Waals surface area contributed by atoms with E-state index in [0.29, 0.717) is 0 Å². The Morgan fingerprint density at radius 1 is 1.56 bits per heavy atom. The number of hydrogen-bond donors (Lipinski definition) is 2. The maximum atomic E-state index is 7.48. The maximum absolute atomic E-state index is 7.48. The molecule has 9 heavy (non-hydrogen) atoms. The molecule has 0 saturated heterocycles. The average molecular weight is 148 g/mol. The first-order chi connectivity index (χ1) is 4.33. The van der Waals surface area contributed by atoms with Crippen LogP contribution in [0.25, 0.3) is 0 Å². The van der Waals surface area contributed by atoms with E-state index >= 15 is 0 Å². The molecule has 0 heterocycles. The van der Waals surface area contributed by atoms with E-state index in [0.717, 1.165) is 23.3 Å². The number of rotatable bonds is 2. The van der Waals surface area contributed by atoms with Crippen molar-refractivity contribution in [2.45, 2.75) is 13.8 Å². The molecule has 0 amide bonds. The molecule has 0 aliphatic carbocycles. The van der Waals surface area contributed by atoms with Gasteiger partial charge >= 0.3 is 0 Å². The smallest absolute Gasteiger partial charge is 0.0571 e. The first-order valence-electron chi connectivity index (χ1n) is 3.16. The lowest BCUT2D eigenvalue weighted by Crippen LogP contribution is -2.09. The molecule has 3 nitrogen and oxygen atoms in total. The zero-order chi connectivity index (χ0) is 7.54. The Kier molecular flexibility index (Phi) is 19.9. The molecule has 0 unspecified atom stereocenters. The van der Waals surface area contributed by atoms with Gasteiger partial charge in [-0.05, 0) is 13.1 Å². The second-order valence-corrected chi connectivity index (χ2v) is 1.85. The van der Waals surface area contributed by atoms with Crippen LogP contribution >= 0.6 is 0 Å². The predicted molar refractivity (Wildman–Crippen MR) is 44.4 cm³/mol. The van der Waals surface area contributed by atoms with Crippen LogP contribution in [-0.2, 0) is 0 Å². The van der Waals surface area contributed by atoms with Gasteiger partial charge < -0.3 is 10.5 Å². The molecule has 0 aromatic rings. The lowest BCUT2D eigenvalue weighted by Gasteiger charge is -1.86. The third-order valence-corrected chi connectivity index (χ3v) is 0.846. The van der Waals surface area contributed by atoms with Crippen LogP contribution in [0.3, 0.4) is 0 Å². The van der Waals surface area contributed by atoms with Crippen molar-refractivity contribution in [3.8, 4) is 0 Å². The molecule has 0 aliphatic heterocycles. The van der Waals surface area contributed by atoms with Gasteiger partial charge in [-0.2, -0.15) is 0 Å². The summed E-state index contributed by atoms with van der Waals surface area (Å²) in [6.45, 7) is 6.39. The van der Waals surface area contributed by atoms with E-state index in [1.807, 2.05) is 0 Å². The summed E-state index contributed by atoms with van der Waals surface area (Å²) in [5.41, 5.74) is 0. The lowest BCUT2D eigenvalue weighted by atomic mass is 10.7. The highest BCUT2D eigenvalue weighted by Crippen LogP contribution is 1.47. The summed E-state index contributed by atoms with van der Waals surface area (Å²) in [5.74, 6) is 1.44. The lowest BCUT2D eigenvalue weighted by molar-refractivity contribution is 0.323. The summed E-state index contributed by atoms with van der Waals surface area (Å²) in [7, 11) is 0.848. The molecule has 0 rings (SSSR count). The van der Waals surface area contributed by atoms with Crippen LogP contribution in [0.4, 0.5) is 0 Å². The minimum atomic E-state index is 0.848. The van der Waals surface area contributed by atoms with Gasteiger partial charge in [-0.15, -0.1) is 5.16 Å². The van der Waals surface area contributed by atoms with E-state index in [1.54, 1.807) is 0 Å². The van der Waals surface area contributed by atoms with Gasteiger partial charge in [-0.1, -0.05) is 13.8 Å². The van der Waals surface area contributed by atoms with Crippen LogP contribution < -0.4 is 5.32 Å². The minimum absolute atomic E-state index is 0.848. The van der Waals surface area contributed by atoms with Gasteiger partial charge in [0.05, 0.1) is 10.2 Å². The number of nitrogens with zero attached hydrogens (tertiary/aromatic N) is 1. The molecule has 0 fully saturated rings. The van der Waals surface area contributed by atoms with E-state index in [9.17, 15) is 0 Å². The molecule has 0 aromatic carbocycles. The molecule has 2 N–H and O–H groups in total. The van der Waals surface area contributed by atoms with Crippen molar-refractivity contribution < 1.29 is 5.21 Å². The monoisotopic (exact) mass is 148 g/mol. The van der Waals surface area contributed by atoms with Crippen molar-refractivity contribution >= 4 is 16.1 Å². The van der Waals surface area contributed by atoms with Gasteiger partial charge in [-0.3, -0.25) is 0 Å². The molecule has 0 saturated carbocycles. The Morgan fingerprint density at radius 2 is 1.89 bits per heavy atom. The quantitative estimate of drug-likeness (QED) is 0.237. The van der Waals surface area contributed by atoms with Crippen LogP contribution in [-0.4, -0.2) is 34.4 Å². The zero-order valence-electron chi connectivity index (χ0n) is 6.39. The summed E-state index contributed by atoms with van der Waals surface area (Å²) in [6, 6.07) is 0. The molecule has 0 atom stereocenters. The Hall–Kier alpha value is -0.353. The topological polar surface area (TPSA) is 44.6 Å². The van der Waals surface area contributed by atoms with Crippen LogP contribution in [0.15, 0.2) is 5.16 Å². The Bertz CT molecular complexity index is 52.9. The molecule has 0 spiro atoms. The molecule has 56 valence electrons. The van der Waals surface area contributed by atoms with Crippen LogP contribution in [0, 0.1) is 0 Å². The average Bonchev–Trinajstić information content (AvgIpc) is 1.91. The normalized spacial score (nSPS) is 9.11. The first-order valence-corrected chi connectivity index (χ1v) is 4.31. The van der Waals surface area contributed by atoms with Gasteiger partial charge in [-0.25, -0.2) is 0 Å². The Morgan fingerprint density at radius 3 is 1.89 bits per heavy atom. The number of hydrogen-bond acceptors (Lipinski definition) is 3. The molecular formula is C5H16N2OSi. The molecule has 0 aromatic heterocycles. The fraction of sp³-hybridized carbons (Fsp3) is 0.800. The van der Waals surface area contributed by atoms with Gasteiger partial charge in [0.15, 0.2) is 0 Å². The van der Waals surface area contributed by atoms with Crippen molar-refractivity contribution in [1.82, 2.24) is 5.32 Å². The summed E-state index contributed by atoms with van der Waals surface area (Å²) >= 11 is 0. The fourth-order valence-electron chi connectivity index (χ4n) is 0.250. The van der Waals surface area contributed by atoms with Crippen molar-refractivity contribution in [1.29, 1.82) is 0 Å². The summed E-state index contributed by atoms with van der Waals surface area (Å²) < 4.78 is 0. The first kappa shape index (κ1) is 11.4. The highest BCUT2D eigenvalue weighted by molar-refractivity contribution is 6.49. The third kappa shape index (κ3) is 34.8. The van der Waals surface area contributed by atoms with Gasteiger partial charge in [0.1, 0.15) is 0 Å². The van der Waals surface area contributed by atoms with Crippen molar-refractivity contribution in [2.75, 3.05) is 13.1 Å². The fourth-order valence-corrected chi connectivity index (χ4v) is 0.250. The molecule has 4 heteroatoms. The van der Waals surface area contributed by atoms with Crippen LogP contribution in [0.1, 0.15) is 13.8 Å². The van der Waals surface area contributed by atoms with E-state index in [2.05, 4.69) is 24.3 Å². The van der Waals surface area contributed by atoms with E-state index < -0.39 is 0 Å². The second kappa shape index (κ2) is 15.6. The van der Waals surface area contributed by atoms with E-state index in [1.165, 1.54) is 5.84 Å². The van der Waals surface area contributed by atoms with Crippen molar-refractivity contribution in [3.05, 3.63) is 0 Å². The zero-order valence-corrected chi connectivity index (χ0v) is 8.39. The van der Waals surface area contributed by atoms with Crippen molar-refractivity contribution in [2.24, 2.45) is 5.16 Å². The van der Waals surface area contributed by atoms with Gasteiger partial charge in [0.2, 0.25) is 0 Å². The van der Waals surface area contributed by atoms with E-state index in [4.69, 9.17) is 5.21 Å². The Labute approximate surface area is 59.6 Å². The summed E-state index contributed by atoms with van der Waals surface area (Å²) in [4.78, 5) is 0. The third-order valence-electron chi connectivity index (χ3n) is 0.615. The summed E-state index contributed by atoms with van der Waals surface area (Å²) in [5, 5.41) is 13.3. The van der Waals surface area contributed by atoms with Gasteiger partial charge in [0.25, 0.3) is 0 Å². The molecule has 0 radical (unpaired) electrons. The van der Waals surface area contributed by atoms with Crippen LogP contribution in [0.2, 0.25) is 0 Å². The Balaban J connectivity index is 0. The molecule has 0 bridgehead atoms. The highest BCUT2D eigenvalue weighted by Gasteiger charge is 1.62. The van der Waals surface area contributed by atoms with Crippen molar-refractivity contribution in [3.63, 3.8) is 0 Å². The predicted octanol–water partition coefficient (Wildman–Crippen LogP) is -0.615. The maximum Gasteiger partial charge on any atom is 0.0571 e. The number of nitrogens with one attached hydrogen (secondary N) is 1. The largest absolute Gasteiger partial charge is 0.411 e. The standard InChI is InChI=1S/C4H11N.CH5NOSi/c1-3-5-4-2;3-2-1-4/h5H,3-4H2,1-2H3;1,3H,4H3. The molecule has 0 aliphatic rings. The molecular weight excluding hydrogens is 132 g/mol. The summed E-state index contributed by atoms with van der Waals surface area (Å²) in [6.07, 6.45) is 0. The minimum Gasteiger partial charge on any atom is -0.411 e. The highest BCUT2D eigenvalue weighted by atomic mass is 28.1. The number of oxime groups is 1. The van der Waals surface area contributed by atoms with Crippen LogP contribution in [0.5, 0.6) is 0 Å². The van der Waals surface area contributed by atoms with Gasteiger partial charge in [0, 0.05) is 5.84 Å².